The molecule has 1 aliphatic heterocycles. The molecular weight excluding hydrogens is 491 g/mol. The largest absolute Gasteiger partial charge is 0.492 e. The van der Waals surface area contributed by atoms with Gasteiger partial charge in [0.2, 0.25) is 15.9 Å². The minimum Gasteiger partial charge on any atom is -0.492 e. The van der Waals surface area contributed by atoms with Gasteiger partial charge in [0.05, 0.1) is 16.2 Å². The number of aromatic nitrogens is 1. The molecule has 1 aromatic heterocycles. The van der Waals surface area contributed by atoms with Crippen molar-refractivity contribution in [3.8, 4) is 5.75 Å². The highest BCUT2D eigenvalue weighted by Gasteiger charge is 2.42. The number of likely N-dealkylation sites (N-methyl/N-ethyl adjacent to an activating group) is 1. The van der Waals surface area contributed by atoms with Gasteiger partial charge in [-0.1, -0.05) is 17.4 Å². The molecule has 2 heterocycles. The predicted molar refractivity (Wildman–Crippen MR) is 135 cm³/mol. The van der Waals surface area contributed by atoms with E-state index >= 15 is 0 Å². The van der Waals surface area contributed by atoms with Gasteiger partial charge in [0.15, 0.2) is 5.13 Å². The zero-order chi connectivity index (χ0) is 25.2. The van der Waals surface area contributed by atoms with Crippen LogP contribution in [0.3, 0.4) is 0 Å². The Hall–Kier alpha value is -2.60. The number of halogens is 1. The molecule has 0 bridgehead atoms. The number of fused-ring (bicyclic) bond motifs is 1. The van der Waals surface area contributed by atoms with Gasteiger partial charge < -0.3 is 9.64 Å². The van der Waals surface area contributed by atoms with Crippen LogP contribution in [0.15, 0.2) is 47.4 Å². The van der Waals surface area contributed by atoms with Gasteiger partial charge >= 0.3 is 0 Å². The van der Waals surface area contributed by atoms with Crippen LogP contribution in [0.25, 0.3) is 10.2 Å². The van der Waals surface area contributed by atoms with Gasteiger partial charge in [0, 0.05) is 19.6 Å². The van der Waals surface area contributed by atoms with E-state index in [0.717, 1.165) is 16.8 Å². The van der Waals surface area contributed by atoms with Gasteiger partial charge in [-0.05, 0) is 70.3 Å². The highest BCUT2D eigenvalue weighted by atomic mass is 32.2. The minimum absolute atomic E-state index is 0.0280. The highest BCUT2D eigenvalue weighted by Crippen LogP contribution is 2.36. The molecule has 1 amide bonds. The lowest BCUT2D eigenvalue weighted by Crippen LogP contribution is -2.49. The van der Waals surface area contributed by atoms with Crippen molar-refractivity contribution in [3.63, 3.8) is 0 Å². The van der Waals surface area contributed by atoms with E-state index in [1.807, 2.05) is 44.1 Å². The maximum Gasteiger partial charge on any atom is 0.247 e. The summed E-state index contributed by atoms with van der Waals surface area (Å²) in [7, 11) is -0.140. The summed E-state index contributed by atoms with van der Waals surface area (Å²) in [6.07, 6.45) is 0.972. The smallest absolute Gasteiger partial charge is 0.247 e. The van der Waals surface area contributed by atoms with Crippen LogP contribution in [-0.2, 0) is 14.8 Å². The fourth-order valence-corrected chi connectivity index (χ4v) is 6.76. The monoisotopic (exact) mass is 520 g/mol. The summed E-state index contributed by atoms with van der Waals surface area (Å²) in [5.74, 6) is -0.184. The molecule has 188 valence electrons. The Bertz CT molecular complexity index is 1290. The highest BCUT2D eigenvalue weighted by molar-refractivity contribution is 7.89. The molecule has 4 rings (SSSR count). The summed E-state index contributed by atoms with van der Waals surface area (Å²) in [4.78, 5) is 22.1. The summed E-state index contributed by atoms with van der Waals surface area (Å²) >= 11 is 1.38. The van der Waals surface area contributed by atoms with Gasteiger partial charge in [-0.25, -0.2) is 17.8 Å². The standard InChI is InChI=1S/C24H29FN4O4S2/c1-4-33-20-8-5-9-21-22(20)26-24(34-21)28(16-15-27(2)3)23(30)19-7-6-14-29(19)35(31,32)18-12-10-17(25)11-13-18/h5,8-13,19H,4,6-7,14-16H2,1-3H3. The Morgan fingerprint density at radius 2 is 1.94 bits per heavy atom. The fraction of sp³-hybridized carbons (Fsp3) is 0.417. The van der Waals surface area contributed by atoms with Crippen LogP contribution in [-0.4, -0.2) is 74.9 Å². The number of amides is 1. The van der Waals surface area contributed by atoms with Gasteiger partial charge in [-0.15, -0.1) is 0 Å². The third-order valence-electron chi connectivity index (χ3n) is 5.85. The third kappa shape index (κ3) is 5.32. The average Bonchev–Trinajstić information content (AvgIpc) is 3.48. The number of thiazole rings is 1. The Morgan fingerprint density at radius 1 is 1.20 bits per heavy atom. The molecule has 2 aromatic carbocycles. The second kappa shape index (κ2) is 10.6. The molecule has 35 heavy (non-hydrogen) atoms. The first-order valence-corrected chi connectivity index (χ1v) is 13.7. The van der Waals surface area contributed by atoms with Crippen LogP contribution >= 0.6 is 11.3 Å². The molecule has 0 N–H and O–H groups in total. The maximum atomic E-state index is 13.9. The number of hydrogen-bond acceptors (Lipinski definition) is 7. The van der Waals surface area contributed by atoms with Crippen LogP contribution in [0.5, 0.6) is 5.75 Å². The van der Waals surface area contributed by atoms with E-state index in [2.05, 4.69) is 0 Å². The Balaban J connectivity index is 1.69. The number of anilines is 1. The Labute approximate surface area is 209 Å². The van der Waals surface area contributed by atoms with Crippen molar-refractivity contribution in [2.45, 2.75) is 30.7 Å². The van der Waals surface area contributed by atoms with Crippen LogP contribution in [0.1, 0.15) is 19.8 Å². The Kier molecular flexibility index (Phi) is 7.70. The van der Waals surface area contributed by atoms with Gasteiger partial charge in [0.1, 0.15) is 23.1 Å². The van der Waals surface area contributed by atoms with Crippen molar-refractivity contribution >= 4 is 42.6 Å². The van der Waals surface area contributed by atoms with Crippen molar-refractivity contribution in [3.05, 3.63) is 48.3 Å². The molecule has 0 radical (unpaired) electrons. The second-order valence-corrected chi connectivity index (χ2v) is 11.5. The Morgan fingerprint density at radius 3 is 2.63 bits per heavy atom. The average molecular weight is 521 g/mol. The molecule has 11 heteroatoms. The van der Waals surface area contributed by atoms with E-state index in [1.54, 1.807) is 4.90 Å². The first kappa shape index (κ1) is 25.5. The molecule has 1 unspecified atom stereocenters. The number of carbonyl (C=O) groups excluding carboxylic acids is 1. The summed E-state index contributed by atoms with van der Waals surface area (Å²) in [5, 5.41) is 0.505. The normalized spacial score (nSPS) is 16.8. The SMILES string of the molecule is CCOc1cccc2sc(N(CCN(C)C)C(=O)C3CCCN3S(=O)(=O)c3ccc(F)cc3)nc12. The van der Waals surface area contributed by atoms with Gasteiger partial charge in [-0.3, -0.25) is 9.69 Å². The van der Waals surface area contributed by atoms with Crippen molar-refractivity contribution in [2.75, 3.05) is 45.2 Å². The topological polar surface area (TPSA) is 83.0 Å². The van der Waals surface area contributed by atoms with E-state index in [1.165, 1.54) is 27.8 Å². The van der Waals surface area contributed by atoms with Crippen LogP contribution in [0.4, 0.5) is 9.52 Å². The zero-order valence-corrected chi connectivity index (χ0v) is 21.6. The minimum atomic E-state index is -3.96. The number of ether oxygens (including phenoxy) is 1. The molecule has 0 saturated carbocycles. The van der Waals surface area contributed by atoms with Crippen molar-refractivity contribution < 1.29 is 22.3 Å². The van der Waals surface area contributed by atoms with Crippen molar-refractivity contribution in [1.82, 2.24) is 14.2 Å². The van der Waals surface area contributed by atoms with Crippen molar-refractivity contribution in [2.24, 2.45) is 0 Å². The van der Waals surface area contributed by atoms with E-state index in [-0.39, 0.29) is 17.3 Å². The van der Waals surface area contributed by atoms with Crippen LogP contribution < -0.4 is 9.64 Å². The van der Waals surface area contributed by atoms with E-state index in [4.69, 9.17) is 9.72 Å². The number of carbonyl (C=O) groups is 1. The molecule has 3 aromatic rings. The first-order chi connectivity index (χ1) is 16.7. The lowest BCUT2D eigenvalue weighted by molar-refractivity contribution is -0.121. The van der Waals surface area contributed by atoms with Crippen molar-refractivity contribution in [1.29, 1.82) is 0 Å². The van der Waals surface area contributed by atoms with E-state index in [9.17, 15) is 17.6 Å². The van der Waals surface area contributed by atoms with E-state index in [0.29, 0.717) is 48.9 Å². The summed E-state index contributed by atoms with van der Waals surface area (Å²) in [6.45, 7) is 3.56. The van der Waals surface area contributed by atoms with Crippen LogP contribution in [0, 0.1) is 5.82 Å². The zero-order valence-electron chi connectivity index (χ0n) is 20.0. The lowest BCUT2D eigenvalue weighted by Gasteiger charge is -2.29. The molecule has 8 nitrogen and oxygen atoms in total. The number of para-hydroxylation sites is 1. The number of rotatable bonds is 9. The first-order valence-electron chi connectivity index (χ1n) is 11.5. The van der Waals surface area contributed by atoms with E-state index < -0.39 is 21.9 Å². The van der Waals surface area contributed by atoms with Crippen LogP contribution in [0.2, 0.25) is 0 Å². The molecule has 1 saturated heterocycles. The second-order valence-electron chi connectivity index (χ2n) is 8.55. The lowest BCUT2D eigenvalue weighted by atomic mass is 10.2. The molecule has 0 spiro atoms. The summed E-state index contributed by atoms with van der Waals surface area (Å²) in [5.41, 5.74) is 0.680. The third-order valence-corrected chi connectivity index (χ3v) is 8.81. The fourth-order valence-electron chi connectivity index (χ4n) is 4.10. The summed E-state index contributed by atoms with van der Waals surface area (Å²) in [6, 6.07) is 9.49. The predicted octanol–water partition coefficient (Wildman–Crippen LogP) is 3.58. The number of hydrogen-bond donors (Lipinski definition) is 0. The van der Waals surface area contributed by atoms with Gasteiger partial charge in [-0.2, -0.15) is 4.31 Å². The molecular formula is C24H29FN4O4S2. The molecule has 0 aliphatic carbocycles. The molecule has 1 atom stereocenters. The molecule has 1 fully saturated rings. The van der Waals surface area contributed by atoms with Gasteiger partial charge in [0.25, 0.3) is 0 Å². The summed E-state index contributed by atoms with van der Waals surface area (Å²) < 4.78 is 47.9. The molecule has 1 aliphatic rings. The quantitative estimate of drug-likeness (QED) is 0.429. The number of benzene rings is 2. The number of nitrogens with zero attached hydrogens (tertiary/aromatic N) is 4. The number of sulfonamides is 1. The maximum absolute atomic E-state index is 13.9.